The second-order valence-corrected chi connectivity index (χ2v) is 7.69. The predicted octanol–water partition coefficient (Wildman–Crippen LogP) is 6.13. The van der Waals surface area contributed by atoms with Crippen LogP contribution in [-0.4, -0.2) is 5.54 Å². The average molecular weight is 307 g/mol. The molecule has 0 spiro atoms. The Kier molecular flexibility index (Phi) is 4.48. The molecular formula is C22H29N. The van der Waals surface area contributed by atoms with E-state index in [-0.39, 0.29) is 11.0 Å². The fourth-order valence-electron chi connectivity index (χ4n) is 3.74. The SMILES string of the molecule is CC(C)CC/C=C\CC1=CC=CC2(C)CC12Nc1ccccc1. The normalized spacial score (nSPS) is 28.8. The van der Waals surface area contributed by atoms with E-state index >= 15 is 0 Å². The summed E-state index contributed by atoms with van der Waals surface area (Å²) in [6, 6.07) is 10.6. The number of para-hydroxylation sites is 1. The van der Waals surface area contributed by atoms with E-state index in [0.29, 0.717) is 0 Å². The maximum absolute atomic E-state index is 3.83. The van der Waals surface area contributed by atoms with E-state index in [1.165, 1.54) is 30.5 Å². The molecule has 0 aromatic heterocycles. The van der Waals surface area contributed by atoms with E-state index in [9.17, 15) is 0 Å². The van der Waals surface area contributed by atoms with Crippen molar-refractivity contribution in [3.05, 3.63) is 66.3 Å². The van der Waals surface area contributed by atoms with Crippen LogP contribution in [0.3, 0.4) is 0 Å². The van der Waals surface area contributed by atoms with Crippen molar-refractivity contribution in [1.82, 2.24) is 0 Å². The molecule has 1 aromatic rings. The van der Waals surface area contributed by atoms with Crippen molar-refractivity contribution in [3.8, 4) is 0 Å². The molecule has 122 valence electrons. The molecule has 0 bridgehead atoms. The van der Waals surface area contributed by atoms with Crippen LogP contribution in [0.1, 0.15) is 46.5 Å². The first-order valence-corrected chi connectivity index (χ1v) is 8.93. The molecule has 0 saturated heterocycles. The molecule has 1 heteroatoms. The van der Waals surface area contributed by atoms with Crippen LogP contribution in [-0.2, 0) is 0 Å². The first-order valence-electron chi connectivity index (χ1n) is 8.93. The maximum Gasteiger partial charge on any atom is 0.0689 e. The van der Waals surface area contributed by atoms with Gasteiger partial charge in [-0.05, 0) is 49.3 Å². The summed E-state index contributed by atoms with van der Waals surface area (Å²) >= 11 is 0. The van der Waals surface area contributed by atoms with E-state index in [2.05, 4.69) is 86.8 Å². The molecule has 0 heterocycles. The number of anilines is 1. The Bertz CT molecular complexity index is 623. The van der Waals surface area contributed by atoms with Gasteiger partial charge >= 0.3 is 0 Å². The first-order chi connectivity index (χ1) is 11.1. The van der Waals surface area contributed by atoms with Gasteiger partial charge in [-0.15, -0.1) is 0 Å². The molecule has 0 radical (unpaired) electrons. The van der Waals surface area contributed by atoms with Crippen LogP contribution in [0.25, 0.3) is 0 Å². The van der Waals surface area contributed by atoms with Crippen molar-refractivity contribution in [2.24, 2.45) is 11.3 Å². The molecule has 23 heavy (non-hydrogen) atoms. The highest BCUT2D eigenvalue weighted by molar-refractivity contribution is 5.59. The zero-order valence-corrected chi connectivity index (χ0v) is 14.7. The van der Waals surface area contributed by atoms with Gasteiger partial charge in [-0.1, -0.05) is 69.4 Å². The van der Waals surface area contributed by atoms with Crippen LogP contribution < -0.4 is 5.32 Å². The molecule has 1 nitrogen and oxygen atoms in total. The summed E-state index contributed by atoms with van der Waals surface area (Å²) in [4.78, 5) is 0. The third-order valence-electron chi connectivity index (χ3n) is 5.34. The van der Waals surface area contributed by atoms with Crippen LogP contribution in [0.5, 0.6) is 0 Å². The van der Waals surface area contributed by atoms with Crippen molar-refractivity contribution >= 4 is 5.69 Å². The maximum atomic E-state index is 3.83. The van der Waals surface area contributed by atoms with Crippen molar-refractivity contribution in [2.45, 2.75) is 52.0 Å². The Morgan fingerprint density at radius 2 is 1.96 bits per heavy atom. The van der Waals surface area contributed by atoms with Gasteiger partial charge in [-0.3, -0.25) is 0 Å². The van der Waals surface area contributed by atoms with Crippen molar-refractivity contribution in [2.75, 3.05) is 5.32 Å². The van der Waals surface area contributed by atoms with Gasteiger partial charge in [0.15, 0.2) is 0 Å². The third-order valence-corrected chi connectivity index (χ3v) is 5.34. The molecule has 1 aromatic carbocycles. The number of hydrogen-bond acceptors (Lipinski definition) is 1. The van der Waals surface area contributed by atoms with Gasteiger partial charge in [0.05, 0.1) is 5.54 Å². The van der Waals surface area contributed by atoms with Crippen molar-refractivity contribution < 1.29 is 0 Å². The number of hydrogen-bond donors (Lipinski definition) is 1. The molecule has 0 aliphatic heterocycles. The summed E-state index contributed by atoms with van der Waals surface area (Å²) in [7, 11) is 0. The molecule has 2 unspecified atom stereocenters. The quantitative estimate of drug-likeness (QED) is 0.598. The molecule has 2 aliphatic rings. The Morgan fingerprint density at radius 3 is 2.70 bits per heavy atom. The van der Waals surface area contributed by atoms with E-state index in [1.807, 2.05) is 0 Å². The van der Waals surface area contributed by atoms with Gasteiger partial charge in [-0.25, -0.2) is 0 Å². The van der Waals surface area contributed by atoms with Crippen LogP contribution in [0.2, 0.25) is 0 Å². The van der Waals surface area contributed by atoms with E-state index in [1.54, 1.807) is 0 Å². The summed E-state index contributed by atoms with van der Waals surface area (Å²) in [6.45, 7) is 6.95. The molecule has 1 saturated carbocycles. The Morgan fingerprint density at radius 1 is 1.17 bits per heavy atom. The standard InChI is InChI=1S/C22H29N/c1-18(2)11-6-4-7-12-19-13-10-16-21(3)17-22(19,21)23-20-14-8-5-9-15-20/h4-5,7-10,13-16,18,23H,6,11-12,17H2,1-3H3/b7-4-. The monoisotopic (exact) mass is 307 g/mol. The molecule has 2 aliphatic carbocycles. The van der Waals surface area contributed by atoms with Crippen LogP contribution in [0.15, 0.2) is 66.3 Å². The zero-order valence-electron chi connectivity index (χ0n) is 14.7. The highest BCUT2D eigenvalue weighted by Crippen LogP contribution is 2.64. The summed E-state index contributed by atoms with van der Waals surface area (Å²) in [6.07, 6.45) is 16.4. The average Bonchev–Trinajstić information content (AvgIpc) is 3.13. The second kappa shape index (κ2) is 6.39. The van der Waals surface area contributed by atoms with Gasteiger partial charge < -0.3 is 5.32 Å². The number of rotatable bonds is 7. The Hall–Kier alpha value is -1.76. The summed E-state index contributed by atoms with van der Waals surface area (Å²) in [5.74, 6) is 0.786. The second-order valence-electron chi connectivity index (χ2n) is 7.69. The lowest BCUT2D eigenvalue weighted by Crippen LogP contribution is -2.31. The topological polar surface area (TPSA) is 12.0 Å². The highest BCUT2D eigenvalue weighted by atomic mass is 15.1. The minimum absolute atomic E-state index is 0.117. The van der Waals surface area contributed by atoms with Gasteiger partial charge in [0.25, 0.3) is 0 Å². The fraction of sp³-hybridized carbons (Fsp3) is 0.455. The zero-order chi connectivity index (χ0) is 16.3. The van der Waals surface area contributed by atoms with E-state index < -0.39 is 0 Å². The molecule has 1 N–H and O–H groups in total. The number of allylic oxidation sites excluding steroid dienone is 4. The summed E-state index contributed by atoms with van der Waals surface area (Å²) in [5, 5.41) is 3.83. The molecular weight excluding hydrogens is 278 g/mol. The summed E-state index contributed by atoms with van der Waals surface area (Å²) < 4.78 is 0. The molecule has 2 atom stereocenters. The third kappa shape index (κ3) is 3.29. The van der Waals surface area contributed by atoms with E-state index in [0.717, 1.165) is 12.3 Å². The summed E-state index contributed by atoms with van der Waals surface area (Å²) in [5.41, 5.74) is 3.12. The fourth-order valence-corrected chi connectivity index (χ4v) is 3.74. The Labute approximate surface area is 141 Å². The van der Waals surface area contributed by atoms with Crippen LogP contribution >= 0.6 is 0 Å². The number of benzene rings is 1. The largest absolute Gasteiger partial charge is 0.375 e. The van der Waals surface area contributed by atoms with Crippen molar-refractivity contribution in [1.29, 1.82) is 0 Å². The highest BCUT2D eigenvalue weighted by Gasteiger charge is 2.65. The lowest BCUT2D eigenvalue weighted by atomic mass is 9.87. The van der Waals surface area contributed by atoms with Gasteiger partial charge in [0, 0.05) is 11.1 Å². The molecule has 0 amide bonds. The Balaban J connectivity index is 1.69. The van der Waals surface area contributed by atoms with Crippen molar-refractivity contribution in [3.63, 3.8) is 0 Å². The number of nitrogens with one attached hydrogen (secondary N) is 1. The van der Waals surface area contributed by atoms with Crippen LogP contribution in [0, 0.1) is 11.3 Å². The number of fused-ring (bicyclic) bond motifs is 1. The molecule has 1 fully saturated rings. The van der Waals surface area contributed by atoms with Crippen LogP contribution in [0.4, 0.5) is 5.69 Å². The smallest absolute Gasteiger partial charge is 0.0689 e. The minimum Gasteiger partial charge on any atom is -0.375 e. The lowest BCUT2D eigenvalue weighted by Gasteiger charge is -2.29. The van der Waals surface area contributed by atoms with Gasteiger partial charge in [0.1, 0.15) is 0 Å². The molecule has 3 rings (SSSR count). The lowest BCUT2D eigenvalue weighted by molar-refractivity contribution is 0.593. The minimum atomic E-state index is 0.117. The first kappa shape index (κ1) is 16.1. The van der Waals surface area contributed by atoms with Gasteiger partial charge in [-0.2, -0.15) is 0 Å². The van der Waals surface area contributed by atoms with Gasteiger partial charge in [0.2, 0.25) is 0 Å². The van der Waals surface area contributed by atoms with E-state index in [4.69, 9.17) is 0 Å². The predicted molar refractivity (Wildman–Crippen MR) is 101 cm³/mol.